The number of hydrogen-bond acceptors (Lipinski definition) is 7. The van der Waals surface area contributed by atoms with Gasteiger partial charge in [0.15, 0.2) is 0 Å². The van der Waals surface area contributed by atoms with Gasteiger partial charge in [0, 0.05) is 41.3 Å². The van der Waals surface area contributed by atoms with Gasteiger partial charge in [-0.3, -0.25) is 10.1 Å². The van der Waals surface area contributed by atoms with Crippen molar-refractivity contribution in [1.82, 2.24) is 9.97 Å². The van der Waals surface area contributed by atoms with E-state index in [2.05, 4.69) is 29.0 Å². The zero-order chi connectivity index (χ0) is 28.4. The number of rotatable bonds is 5. The van der Waals surface area contributed by atoms with Gasteiger partial charge in [0.1, 0.15) is 0 Å². The van der Waals surface area contributed by atoms with Crippen LogP contribution in [0.5, 0.6) is 11.8 Å². The molecule has 4 aromatic rings. The third-order valence-corrected chi connectivity index (χ3v) is 7.86. The maximum atomic E-state index is 11.6. The average Bonchev–Trinajstić information content (AvgIpc) is 3.62. The molecule has 8 nitrogen and oxygen atoms in total. The summed E-state index contributed by atoms with van der Waals surface area (Å²) in [6, 6.07) is 11.8. The van der Waals surface area contributed by atoms with Gasteiger partial charge >= 0.3 is 0 Å². The number of methoxy groups -OCH3 is 2. The Morgan fingerprint density at radius 1 is 0.775 bits per heavy atom. The molecule has 0 fully saturated rings. The number of nitrogen functional groups attached to an aromatic ring is 1. The van der Waals surface area contributed by atoms with Crippen LogP contribution in [0.4, 0.5) is 11.4 Å². The number of fused-ring (bicyclic) bond motifs is 2. The number of anilines is 1. The lowest BCUT2D eigenvalue weighted by atomic mass is 9.93. The van der Waals surface area contributed by atoms with Gasteiger partial charge < -0.3 is 15.2 Å². The van der Waals surface area contributed by atoms with E-state index in [1.165, 1.54) is 30.2 Å². The number of pyridine rings is 2. The van der Waals surface area contributed by atoms with Crippen LogP contribution in [0.1, 0.15) is 46.2 Å². The number of benzene rings is 2. The van der Waals surface area contributed by atoms with E-state index in [0.717, 1.165) is 71.2 Å². The zero-order valence-corrected chi connectivity index (χ0v) is 23.4. The fourth-order valence-electron chi connectivity index (χ4n) is 6.10. The van der Waals surface area contributed by atoms with Crippen molar-refractivity contribution in [2.75, 3.05) is 20.0 Å². The maximum Gasteiger partial charge on any atom is 0.280 e. The Kier molecular flexibility index (Phi) is 7.69. The third kappa shape index (κ3) is 5.09. The van der Waals surface area contributed by atoms with Crippen LogP contribution in [0, 0.1) is 24.0 Å². The average molecular weight is 539 g/mol. The molecule has 2 aromatic heterocycles. The Morgan fingerprint density at radius 2 is 1.27 bits per heavy atom. The number of aromatic nitrogens is 2. The van der Waals surface area contributed by atoms with Gasteiger partial charge in [-0.1, -0.05) is 12.1 Å². The monoisotopic (exact) mass is 538 g/mol. The number of nitro groups is 1. The Labute approximate surface area is 234 Å². The molecule has 206 valence electrons. The molecule has 0 saturated carbocycles. The van der Waals surface area contributed by atoms with E-state index in [0.29, 0.717) is 17.3 Å². The molecule has 0 unspecified atom stereocenters. The van der Waals surface area contributed by atoms with Crippen LogP contribution in [-0.4, -0.2) is 29.1 Å². The minimum Gasteiger partial charge on any atom is -0.481 e. The second kappa shape index (κ2) is 11.3. The highest BCUT2D eigenvalue weighted by Crippen LogP contribution is 2.42. The first kappa shape index (κ1) is 27.1. The number of aryl methyl sites for hydroxylation is 4. The Hall–Kier alpha value is -4.46. The second-order valence-corrected chi connectivity index (χ2v) is 10.3. The molecule has 6 rings (SSSR count). The van der Waals surface area contributed by atoms with Crippen molar-refractivity contribution in [2.45, 2.75) is 52.4 Å². The number of nitrogens with two attached hydrogens (primary N) is 1. The van der Waals surface area contributed by atoms with Crippen molar-refractivity contribution in [2.24, 2.45) is 0 Å². The lowest BCUT2D eigenvalue weighted by Gasteiger charge is -2.15. The van der Waals surface area contributed by atoms with E-state index in [1.807, 2.05) is 19.1 Å². The lowest BCUT2D eigenvalue weighted by Crippen LogP contribution is -2.01. The smallest absolute Gasteiger partial charge is 0.280 e. The minimum atomic E-state index is -0.251. The van der Waals surface area contributed by atoms with E-state index in [4.69, 9.17) is 15.2 Å². The van der Waals surface area contributed by atoms with Crippen molar-refractivity contribution in [3.05, 3.63) is 92.3 Å². The van der Waals surface area contributed by atoms with Crippen LogP contribution in [0.2, 0.25) is 0 Å². The Bertz CT molecular complexity index is 1600. The number of nitrogens with zero attached hydrogens (tertiary/aromatic N) is 3. The van der Waals surface area contributed by atoms with Gasteiger partial charge in [-0.2, -0.15) is 0 Å². The summed E-state index contributed by atoms with van der Waals surface area (Å²) in [6.45, 7) is 4.05. The molecule has 40 heavy (non-hydrogen) atoms. The fraction of sp³-hybridized carbons (Fsp3) is 0.312. The van der Waals surface area contributed by atoms with Crippen molar-refractivity contribution >= 4 is 11.4 Å². The van der Waals surface area contributed by atoms with Crippen LogP contribution in [-0.2, 0) is 25.7 Å². The SMILES string of the molecule is COc1cc(-c2c(C)cc3c(c2N)CCC3)ccn1.COc1cc(-c2c(C)cc3c(c2[N+](=O)[O-])CCC3)ccn1. The van der Waals surface area contributed by atoms with Crippen LogP contribution in [0.25, 0.3) is 22.3 Å². The summed E-state index contributed by atoms with van der Waals surface area (Å²) < 4.78 is 10.3. The highest BCUT2D eigenvalue weighted by Gasteiger charge is 2.28. The molecule has 0 radical (unpaired) electrons. The summed E-state index contributed by atoms with van der Waals surface area (Å²) in [5.74, 6) is 1.08. The van der Waals surface area contributed by atoms with E-state index < -0.39 is 0 Å². The molecule has 2 aromatic carbocycles. The molecule has 0 spiro atoms. The van der Waals surface area contributed by atoms with Crippen molar-refractivity contribution in [3.63, 3.8) is 0 Å². The topological polar surface area (TPSA) is 113 Å². The van der Waals surface area contributed by atoms with Crippen molar-refractivity contribution < 1.29 is 14.4 Å². The number of nitro benzene ring substituents is 1. The number of hydrogen-bond donors (Lipinski definition) is 1. The van der Waals surface area contributed by atoms with Gasteiger partial charge in [0.05, 0.1) is 24.7 Å². The largest absolute Gasteiger partial charge is 0.481 e. The van der Waals surface area contributed by atoms with E-state index in [1.54, 1.807) is 31.6 Å². The standard InChI is InChI=1S/C16H16N2O3.C16H18N2O/c1-10-8-11-4-3-5-13(11)16(18(19)20)15(10)12-6-7-17-14(9-12)21-2;1-10-8-11-4-3-5-13(11)16(17)15(10)12-6-7-18-14(9-12)19-2/h6-9H,3-5H2,1-2H3;6-9H,3-5,17H2,1-2H3. The highest BCUT2D eigenvalue weighted by molar-refractivity contribution is 5.83. The fourth-order valence-corrected chi connectivity index (χ4v) is 6.10. The summed E-state index contributed by atoms with van der Waals surface area (Å²) in [5.41, 5.74) is 18.1. The molecule has 8 heteroatoms. The highest BCUT2D eigenvalue weighted by atomic mass is 16.6. The Balaban J connectivity index is 0.000000162. The summed E-state index contributed by atoms with van der Waals surface area (Å²) in [6.07, 6.45) is 9.53. The minimum absolute atomic E-state index is 0.246. The normalized spacial score (nSPS) is 13.2. The number of ether oxygens (including phenoxy) is 2. The van der Waals surface area contributed by atoms with Gasteiger partial charge in [0.2, 0.25) is 11.8 Å². The molecule has 2 aliphatic carbocycles. The van der Waals surface area contributed by atoms with Crippen molar-refractivity contribution in [1.29, 1.82) is 0 Å². The molecule has 0 saturated heterocycles. The van der Waals surface area contributed by atoms with Crippen LogP contribution < -0.4 is 15.2 Å². The van der Waals surface area contributed by atoms with Gasteiger partial charge in [-0.25, -0.2) is 9.97 Å². The molecule has 0 amide bonds. The molecule has 0 aliphatic heterocycles. The molecular formula is C32H34N4O4. The first-order valence-corrected chi connectivity index (χ1v) is 13.5. The zero-order valence-electron chi connectivity index (χ0n) is 23.4. The van der Waals surface area contributed by atoms with Gasteiger partial charge in [-0.15, -0.1) is 0 Å². The van der Waals surface area contributed by atoms with Crippen molar-refractivity contribution in [3.8, 4) is 34.0 Å². The van der Waals surface area contributed by atoms with E-state index in [-0.39, 0.29) is 10.6 Å². The third-order valence-electron chi connectivity index (χ3n) is 7.86. The van der Waals surface area contributed by atoms with E-state index >= 15 is 0 Å². The lowest BCUT2D eigenvalue weighted by molar-refractivity contribution is -0.384. The predicted octanol–water partition coefficient (Wildman–Crippen LogP) is 6.60. The summed E-state index contributed by atoms with van der Waals surface area (Å²) in [7, 11) is 3.17. The van der Waals surface area contributed by atoms with Crippen LogP contribution >= 0.6 is 0 Å². The van der Waals surface area contributed by atoms with Gasteiger partial charge in [0.25, 0.3) is 5.69 Å². The molecule has 2 heterocycles. The molecular weight excluding hydrogens is 504 g/mol. The quantitative estimate of drug-likeness (QED) is 0.173. The molecule has 2 N–H and O–H groups in total. The Morgan fingerprint density at radius 3 is 1.82 bits per heavy atom. The molecule has 2 aliphatic rings. The van der Waals surface area contributed by atoms with Gasteiger partial charge in [-0.05, 0) is 103 Å². The summed E-state index contributed by atoms with van der Waals surface area (Å²) in [5, 5.41) is 11.6. The predicted molar refractivity (Wildman–Crippen MR) is 157 cm³/mol. The van der Waals surface area contributed by atoms with Crippen LogP contribution in [0.15, 0.2) is 48.8 Å². The van der Waals surface area contributed by atoms with E-state index in [9.17, 15) is 10.1 Å². The first-order valence-electron chi connectivity index (χ1n) is 13.5. The second-order valence-electron chi connectivity index (χ2n) is 10.3. The maximum absolute atomic E-state index is 11.6. The molecule has 0 bridgehead atoms. The summed E-state index contributed by atoms with van der Waals surface area (Å²) in [4.78, 5) is 19.6. The first-order chi connectivity index (χ1) is 19.3. The van der Waals surface area contributed by atoms with Crippen LogP contribution in [0.3, 0.4) is 0 Å². The summed E-state index contributed by atoms with van der Waals surface area (Å²) >= 11 is 0. The molecule has 0 atom stereocenters.